The van der Waals surface area contributed by atoms with E-state index >= 15 is 0 Å². The van der Waals surface area contributed by atoms with Crippen LogP contribution in [-0.4, -0.2) is 56.5 Å². The van der Waals surface area contributed by atoms with Crippen LogP contribution in [0.25, 0.3) is 0 Å². The van der Waals surface area contributed by atoms with Gasteiger partial charge >= 0.3 is 5.97 Å². The summed E-state index contributed by atoms with van der Waals surface area (Å²) in [5.74, 6) is -3.12. The molecule has 0 saturated carbocycles. The third kappa shape index (κ3) is 5.61. The smallest absolute Gasteiger partial charge is 0.337 e. The van der Waals surface area contributed by atoms with Crippen LogP contribution in [0.4, 0.5) is 4.39 Å². The van der Waals surface area contributed by atoms with E-state index in [0.717, 1.165) is 19.4 Å². The molecule has 1 aliphatic rings. The van der Waals surface area contributed by atoms with Gasteiger partial charge in [0.25, 0.3) is 0 Å². The number of carbonyl (C=O) groups is 2. The lowest BCUT2D eigenvalue weighted by Crippen LogP contribution is -2.42. The first-order valence-corrected chi connectivity index (χ1v) is 10.2. The fourth-order valence-corrected chi connectivity index (χ4v) is 4.37. The minimum Gasteiger partial charge on any atom is -0.478 e. The van der Waals surface area contributed by atoms with E-state index in [1.165, 1.54) is 0 Å². The van der Waals surface area contributed by atoms with Gasteiger partial charge in [0.15, 0.2) is 0 Å². The predicted octanol–water partition coefficient (Wildman–Crippen LogP) is 1.04. The summed E-state index contributed by atoms with van der Waals surface area (Å²) in [6, 6.07) is 1.36. The van der Waals surface area contributed by atoms with Crippen LogP contribution in [0.1, 0.15) is 29.6 Å². The molecular formula is C16H21ClFN3O5S. The molecule has 1 saturated heterocycles. The fraction of sp³-hybridized carbons (Fsp3) is 0.500. The van der Waals surface area contributed by atoms with Crippen LogP contribution in [-0.2, 0) is 14.8 Å². The van der Waals surface area contributed by atoms with E-state index < -0.39 is 32.3 Å². The van der Waals surface area contributed by atoms with Gasteiger partial charge in [-0.25, -0.2) is 22.3 Å². The number of benzene rings is 1. The van der Waals surface area contributed by atoms with E-state index in [-0.39, 0.29) is 23.4 Å². The molecule has 8 nitrogen and oxygen atoms in total. The number of likely N-dealkylation sites (tertiary alicyclic amines) is 1. The molecule has 0 aliphatic carbocycles. The maximum absolute atomic E-state index is 14.0. The zero-order valence-electron chi connectivity index (χ0n) is 14.5. The quantitative estimate of drug-likeness (QED) is 0.538. The number of nitrogens with zero attached hydrogens (tertiary/aromatic N) is 1. The number of piperidine rings is 1. The van der Waals surface area contributed by atoms with Crippen molar-refractivity contribution in [3.63, 3.8) is 0 Å². The molecule has 1 aromatic rings. The Morgan fingerprint density at radius 2 is 2.11 bits per heavy atom. The Kier molecular flexibility index (Phi) is 7.15. The van der Waals surface area contributed by atoms with Crippen molar-refractivity contribution in [1.82, 2.24) is 9.62 Å². The maximum atomic E-state index is 14.0. The summed E-state index contributed by atoms with van der Waals surface area (Å²) in [5, 5.41) is 8.62. The average Bonchev–Trinajstić information content (AvgIpc) is 2.58. The molecule has 0 radical (unpaired) electrons. The molecular weight excluding hydrogens is 401 g/mol. The van der Waals surface area contributed by atoms with Gasteiger partial charge < -0.3 is 15.7 Å². The molecule has 4 N–H and O–H groups in total. The molecule has 150 valence electrons. The molecule has 1 aromatic carbocycles. The number of sulfonamides is 1. The van der Waals surface area contributed by atoms with Gasteiger partial charge in [-0.05, 0) is 44.5 Å². The lowest BCUT2D eigenvalue weighted by atomic mass is 9.97. The van der Waals surface area contributed by atoms with Gasteiger partial charge in [-0.1, -0.05) is 11.6 Å². The second kappa shape index (κ2) is 8.96. The molecule has 0 spiro atoms. The number of nitrogens with two attached hydrogens (primary N) is 1. The summed E-state index contributed by atoms with van der Waals surface area (Å²) >= 11 is 5.62. The van der Waals surface area contributed by atoms with Crippen LogP contribution in [0.5, 0.6) is 0 Å². The Morgan fingerprint density at radius 3 is 2.74 bits per heavy atom. The summed E-state index contributed by atoms with van der Waals surface area (Å²) in [6.45, 7) is 1.92. The highest BCUT2D eigenvalue weighted by Gasteiger charge is 2.25. The number of nitrogens with one attached hydrogen (secondary N) is 1. The summed E-state index contributed by atoms with van der Waals surface area (Å²) in [4.78, 5) is 23.6. The fourth-order valence-electron chi connectivity index (χ4n) is 2.98. The number of halogens is 2. The van der Waals surface area contributed by atoms with Gasteiger partial charge in [-0.2, -0.15) is 0 Å². The van der Waals surface area contributed by atoms with Gasteiger partial charge in [0.05, 0.1) is 16.5 Å². The highest BCUT2D eigenvalue weighted by Crippen LogP contribution is 2.24. The number of carboxylic acid groups (broad SMARTS) is 1. The number of carboxylic acids is 1. The van der Waals surface area contributed by atoms with E-state index in [9.17, 15) is 22.4 Å². The number of carbonyl (C=O) groups excluding carboxylic acids is 1. The van der Waals surface area contributed by atoms with Gasteiger partial charge in [0.2, 0.25) is 15.9 Å². The van der Waals surface area contributed by atoms with E-state index in [1.54, 1.807) is 0 Å². The summed E-state index contributed by atoms with van der Waals surface area (Å²) < 4.78 is 40.8. The van der Waals surface area contributed by atoms with Crippen molar-refractivity contribution in [2.75, 3.05) is 26.2 Å². The molecule has 1 unspecified atom stereocenters. The highest BCUT2D eigenvalue weighted by molar-refractivity contribution is 7.89. The number of amides is 1. The second-order valence-corrected chi connectivity index (χ2v) is 8.50. The summed E-state index contributed by atoms with van der Waals surface area (Å²) in [7, 11) is -4.23. The van der Waals surface area contributed by atoms with Crippen LogP contribution >= 0.6 is 11.6 Å². The minimum absolute atomic E-state index is 0.0323. The van der Waals surface area contributed by atoms with E-state index in [0.29, 0.717) is 31.6 Å². The molecule has 0 aromatic heterocycles. The number of hydrogen-bond donors (Lipinski definition) is 3. The summed E-state index contributed by atoms with van der Waals surface area (Å²) in [5.41, 5.74) is 4.82. The van der Waals surface area contributed by atoms with Crippen LogP contribution < -0.4 is 10.5 Å². The molecule has 27 heavy (non-hydrogen) atoms. The topological polar surface area (TPSA) is 130 Å². The van der Waals surface area contributed by atoms with E-state index in [4.69, 9.17) is 22.4 Å². The lowest BCUT2D eigenvalue weighted by molar-refractivity contribution is -0.123. The average molecular weight is 422 g/mol. The molecule has 11 heteroatoms. The van der Waals surface area contributed by atoms with Crippen molar-refractivity contribution in [2.24, 2.45) is 11.7 Å². The van der Waals surface area contributed by atoms with Crippen LogP contribution in [0.3, 0.4) is 0 Å². The zero-order valence-corrected chi connectivity index (χ0v) is 16.0. The van der Waals surface area contributed by atoms with Gasteiger partial charge in [0, 0.05) is 13.1 Å². The van der Waals surface area contributed by atoms with Gasteiger partial charge in [-0.15, -0.1) is 0 Å². The van der Waals surface area contributed by atoms with E-state index in [2.05, 4.69) is 4.72 Å². The predicted molar refractivity (Wildman–Crippen MR) is 96.5 cm³/mol. The standard InChI is InChI=1S/C16H21ClFN3O5S/c17-12-8-13(18)14(7-11(12)16(23)24)27(25,26)20-4-2-6-21-5-1-3-10(9-21)15(19)22/h7-8,10,20H,1-6,9H2,(H2,19,22)(H,23,24). The first kappa shape index (κ1) is 21.5. The molecule has 1 atom stereocenters. The lowest BCUT2D eigenvalue weighted by Gasteiger charge is -2.31. The Hall–Kier alpha value is -1.75. The SMILES string of the molecule is NC(=O)C1CCCN(CCCNS(=O)(=O)c2cc(C(=O)O)c(Cl)cc2F)C1. The van der Waals surface area contributed by atoms with Crippen molar-refractivity contribution in [3.8, 4) is 0 Å². The minimum atomic E-state index is -4.23. The Bertz CT molecular complexity index is 834. The molecule has 2 rings (SSSR count). The van der Waals surface area contributed by atoms with Gasteiger partial charge in [-0.3, -0.25) is 4.79 Å². The molecule has 1 fully saturated rings. The monoisotopic (exact) mass is 421 g/mol. The number of primary amides is 1. The molecule has 1 aliphatic heterocycles. The van der Waals surface area contributed by atoms with Crippen LogP contribution in [0.2, 0.25) is 5.02 Å². The van der Waals surface area contributed by atoms with Crippen molar-refractivity contribution in [3.05, 3.63) is 28.5 Å². The van der Waals surface area contributed by atoms with Gasteiger partial charge in [0.1, 0.15) is 10.7 Å². The molecule has 0 bridgehead atoms. The largest absolute Gasteiger partial charge is 0.478 e. The Balaban J connectivity index is 1.95. The van der Waals surface area contributed by atoms with Crippen molar-refractivity contribution in [1.29, 1.82) is 0 Å². The van der Waals surface area contributed by atoms with Crippen molar-refractivity contribution >= 4 is 33.5 Å². The van der Waals surface area contributed by atoms with Crippen molar-refractivity contribution in [2.45, 2.75) is 24.2 Å². The first-order valence-electron chi connectivity index (χ1n) is 8.35. The van der Waals surface area contributed by atoms with Crippen LogP contribution in [0, 0.1) is 11.7 Å². The Morgan fingerprint density at radius 1 is 1.41 bits per heavy atom. The normalized spacial score (nSPS) is 18.4. The highest BCUT2D eigenvalue weighted by atomic mass is 35.5. The molecule has 1 heterocycles. The first-order chi connectivity index (χ1) is 12.6. The number of aromatic carboxylic acids is 1. The molecule has 1 amide bonds. The maximum Gasteiger partial charge on any atom is 0.337 e. The summed E-state index contributed by atoms with van der Waals surface area (Å²) in [6.07, 6.45) is 2.03. The third-order valence-electron chi connectivity index (χ3n) is 4.39. The van der Waals surface area contributed by atoms with E-state index in [1.807, 2.05) is 4.90 Å². The number of rotatable bonds is 8. The zero-order chi connectivity index (χ0) is 20.2. The third-order valence-corrected chi connectivity index (χ3v) is 6.18. The Labute approximate surface area is 161 Å². The number of hydrogen-bond acceptors (Lipinski definition) is 5. The second-order valence-electron chi connectivity index (χ2n) is 6.36. The van der Waals surface area contributed by atoms with Crippen molar-refractivity contribution < 1.29 is 27.5 Å². The van der Waals surface area contributed by atoms with Crippen LogP contribution in [0.15, 0.2) is 17.0 Å².